The molecule has 31 heavy (non-hydrogen) atoms. The summed E-state index contributed by atoms with van der Waals surface area (Å²) in [5, 5.41) is 9.44. The molecule has 1 N–H and O–H groups in total. The summed E-state index contributed by atoms with van der Waals surface area (Å²) >= 11 is 0. The van der Waals surface area contributed by atoms with Gasteiger partial charge in [0.05, 0.1) is 6.61 Å². The van der Waals surface area contributed by atoms with Crippen LogP contribution >= 0.6 is 0 Å². The van der Waals surface area contributed by atoms with Gasteiger partial charge < -0.3 is 14.7 Å². The summed E-state index contributed by atoms with van der Waals surface area (Å²) < 4.78 is 5.61. The van der Waals surface area contributed by atoms with E-state index in [1.54, 1.807) is 11.9 Å². The molecule has 0 aromatic heterocycles. The number of benzene rings is 2. The first-order valence-corrected chi connectivity index (χ1v) is 11.0. The Labute approximate surface area is 183 Å². The molecule has 2 aliphatic rings. The number of carbonyl (C=O) groups is 2. The van der Waals surface area contributed by atoms with Crippen LogP contribution in [0.2, 0.25) is 0 Å². The smallest absolute Gasteiger partial charge is 0.333 e. The number of anilines is 1. The maximum atomic E-state index is 12.7. The van der Waals surface area contributed by atoms with Crippen LogP contribution in [-0.2, 0) is 16.0 Å². The minimum Gasteiger partial charge on any atom is -0.479 e. The summed E-state index contributed by atoms with van der Waals surface area (Å²) in [4.78, 5) is 27.7. The summed E-state index contributed by atoms with van der Waals surface area (Å²) in [5.74, 6) is -0.383. The standard InChI is InChI=1S/C25H30N2O4/c1-26(21-12-13-21)25(30)27(2)22-5-3-4-20(15-22)19-10-8-17(9-11-19)14-23(24(28)29)31-16-18-6-7-18/h3-5,8-11,15,18,21,23H,6-7,12-14,16H2,1-2H3,(H,28,29)/t23-/m0/s1. The van der Waals surface area contributed by atoms with Gasteiger partial charge in [0, 0.05) is 32.2 Å². The van der Waals surface area contributed by atoms with Crippen molar-refractivity contribution in [2.45, 2.75) is 44.2 Å². The van der Waals surface area contributed by atoms with Crippen molar-refractivity contribution in [3.8, 4) is 11.1 Å². The second-order valence-electron chi connectivity index (χ2n) is 8.74. The number of aliphatic carboxylic acids is 1. The monoisotopic (exact) mass is 422 g/mol. The molecule has 0 radical (unpaired) electrons. The fourth-order valence-corrected chi connectivity index (χ4v) is 3.66. The molecule has 0 bridgehead atoms. The Morgan fingerprint density at radius 1 is 1.03 bits per heavy atom. The first kappa shape index (κ1) is 21.4. The van der Waals surface area contributed by atoms with Crippen LogP contribution in [0.15, 0.2) is 48.5 Å². The van der Waals surface area contributed by atoms with Gasteiger partial charge in [-0.05, 0) is 60.4 Å². The number of hydrogen-bond acceptors (Lipinski definition) is 3. The normalized spacial score (nSPS) is 16.6. The molecule has 1 atom stereocenters. The average molecular weight is 423 g/mol. The SMILES string of the molecule is CN(C(=O)N(C)C1CC1)c1cccc(-c2ccc(C[C@H](OCC3CC3)C(=O)O)cc2)c1. The number of rotatable bonds is 9. The molecule has 2 aromatic rings. The molecule has 2 fully saturated rings. The van der Waals surface area contributed by atoms with Gasteiger partial charge in [0.2, 0.25) is 0 Å². The predicted octanol–water partition coefficient (Wildman–Crippen LogP) is 4.43. The number of amides is 2. The fourth-order valence-electron chi connectivity index (χ4n) is 3.66. The van der Waals surface area contributed by atoms with Gasteiger partial charge in [0.15, 0.2) is 6.10 Å². The molecule has 0 heterocycles. The van der Waals surface area contributed by atoms with Crippen molar-refractivity contribution in [2.75, 3.05) is 25.6 Å². The number of hydrogen-bond donors (Lipinski definition) is 1. The van der Waals surface area contributed by atoms with Gasteiger partial charge in [0.1, 0.15) is 0 Å². The van der Waals surface area contributed by atoms with E-state index in [1.807, 2.05) is 60.5 Å². The summed E-state index contributed by atoms with van der Waals surface area (Å²) in [5.41, 5.74) is 3.81. The van der Waals surface area contributed by atoms with Crippen molar-refractivity contribution < 1.29 is 19.4 Å². The molecule has 2 aromatic carbocycles. The molecule has 0 saturated heterocycles. The largest absolute Gasteiger partial charge is 0.479 e. The lowest BCUT2D eigenvalue weighted by molar-refractivity contribution is -0.150. The van der Waals surface area contributed by atoms with Gasteiger partial charge in [-0.1, -0.05) is 36.4 Å². The zero-order valence-electron chi connectivity index (χ0n) is 18.2. The van der Waals surface area contributed by atoms with E-state index in [0.717, 1.165) is 48.1 Å². The van der Waals surface area contributed by atoms with Crippen molar-refractivity contribution in [2.24, 2.45) is 5.92 Å². The summed E-state index contributed by atoms with van der Waals surface area (Å²) in [6.45, 7) is 0.532. The Bertz CT molecular complexity index is 935. The third-order valence-electron chi connectivity index (χ3n) is 6.13. The van der Waals surface area contributed by atoms with Crippen LogP contribution in [0.1, 0.15) is 31.2 Å². The highest BCUT2D eigenvalue weighted by atomic mass is 16.5. The second-order valence-corrected chi connectivity index (χ2v) is 8.74. The van der Waals surface area contributed by atoms with Crippen molar-refractivity contribution in [1.29, 1.82) is 0 Å². The molecule has 6 heteroatoms. The number of carboxylic acid groups (broad SMARTS) is 1. The molecule has 2 saturated carbocycles. The maximum absolute atomic E-state index is 12.7. The number of nitrogens with zero attached hydrogens (tertiary/aromatic N) is 2. The van der Waals surface area contributed by atoms with Crippen LogP contribution in [0.3, 0.4) is 0 Å². The van der Waals surface area contributed by atoms with Crippen molar-refractivity contribution >= 4 is 17.7 Å². The molecule has 0 unspecified atom stereocenters. The molecule has 6 nitrogen and oxygen atoms in total. The second kappa shape index (κ2) is 9.10. The van der Waals surface area contributed by atoms with E-state index in [9.17, 15) is 14.7 Å². The quantitative estimate of drug-likeness (QED) is 0.649. The molecular weight excluding hydrogens is 392 g/mol. The van der Waals surface area contributed by atoms with Gasteiger partial charge in [0.25, 0.3) is 0 Å². The lowest BCUT2D eigenvalue weighted by Crippen LogP contribution is -2.40. The van der Waals surface area contributed by atoms with Crippen molar-refractivity contribution in [3.63, 3.8) is 0 Å². The molecule has 2 amide bonds. The van der Waals surface area contributed by atoms with Crippen LogP contribution in [0, 0.1) is 5.92 Å². The molecule has 0 aliphatic heterocycles. The van der Waals surface area contributed by atoms with Crippen LogP contribution in [-0.4, -0.2) is 54.9 Å². The molecule has 4 rings (SSSR count). The summed E-state index contributed by atoms with van der Waals surface area (Å²) in [7, 11) is 3.66. The van der Waals surface area contributed by atoms with E-state index in [1.165, 1.54) is 0 Å². The number of urea groups is 1. The van der Waals surface area contributed by atoms with E-state index in [2.05, 4.69) is 0 Å². The minimum absolute atomic E-state index is 0.000841. The van der Waals surface area contributed by atoms with Crippen molar-refractivity contribution in [3.05, 3.63) is 54.1 Å². The molecule has 2 aliphatic carbocycles. The Hall–Kier alpha value is -2.86. The predicted molar refractivity (Wildman–Crippen MR) is 120 cm³/mol. The zero-order chi connectivity index (χ0) is 22.0. The Morgan fingerprint density at radius 2 is 1.74 bits per heavy atom. The van der Waals surface area contributed by atoms with Gasteiger partial charge in [-0.3, -0.25) is 4.90 Å². The highest BCUT2D eigenvalue weighted by Gasteiger charge is 2.31. The topological polar surface area (TPSA) is 70.1 Å². The third-order valence-corrected chi connectivity index (χ3v) is 6.13. The Kier molecular flexibility index (Phi) is 6.28. The highest BCUT2D eigenvalue weighted by Crippen LogP contribution is 2.30. The Morgan fingerprint density at radius 3 is 2.35 bits per heavy atom. The van der Waals surface area contributed by atoms with Gasteiger partial charge >= 0.3 is 12.0 Å². The lowest BCUT2D eigenvalue weighted by atomic mass is 10.0. The number of carboxylic acids is 1. The van der Waals surface area contributed by atoms with Gasteiger partial charge in [-0.2, -0.15) is 0 Å². The molecule has 164 valence electrons. The fraction of sp³-hybridized carbons (Fsp3) is 0.440. The van der Waals surface area contributed by atoms with Crippen molar-refractivity contribution in [1.82, 2.24) is 4.90 Å². The summed E-state index contributed by atoms with van der Waals surface area (Å²) in [6.07, 6.45) is 3.98. The average Bonchev–Trinajstić information content (AvgIpc) is 3.69. The highest BCUT2D eigenvalue weighted by molar-refractivity contribution is 5.92. The van der Waals surface area contributed by atoms with Gasteiger partial charge in [-0.15, -0.1) is 0 Å². The molecule has 0 spiro atoms. The Balaban J connectivity index is 1.42. The first-order chi connectivity index (χ1) is 14.9. The van der Waals surface area contributed by atoms with E-state index >= 15 is 0 Å². The molecular formula is C25H30N2O4. The summed E-state index contributed by atoms with van der Waals surface area (Å²) in [6, 6.07) is 16.2. The van der Waals surface area contributed by atoms with E-state index in [4.69, 9.17) is 4.74 Å². The van der Waals surface area contributed by atoms with E-state index < -0.39 is 12.1 Å². The number of carbonyl (C=O) groups excluding carboxylic acids is 1. The van der Waals surface area contributed by atoms with E-state index in [0.29, 0.717) is 25.0 Å². The van der Waals surface area contributed by atoms with Crippen LogP contribution < -0.4 is 4.90 Å². The van der Waals surface area contributed by atoms with Crippen LogP contribution in [0.25, 0.3) is 11.1 Å². The van der Waals surface area contributed by atoms with Crippen LogP contribution in [0.4, 0.5) is 10.5 Å². The van der Waals surface area contributed by atoms with Gasteiger partial charge in [-0.25, -0.2) is 9.59 Å². The van der Waals surface area contributed by atoms with Crippen LogP contribution in [0.5, 0.6) is 0 Å². The minimum atomic E-state index is -0.915. The zero-order valence-corrected chi connectivity index (χ0v) is 18.2. The number of ether oxygens (including phenoxy) is 1. The first-order valence-electron chi connectivity index (χ1n) is 11.0. The van der Waals surface area contributed by atoms with E-state index in [-0.39, 0.29) is 6.03 Å². The third kappa shape index (κ3) is 5.44. The maximum Gasteiger partial charge on any atom is 0.333 e. The lowest BCUT2D eigenvalue weighted by Gasteiger charge is -2.25.